The minimum atomic E-state index is -1.27. The zero-order valence-electron chi connectivity index (χ0n) is 17.1. The van der Waals surface area contributed by atoms with Crippen molar-refractivity contribution in [3.05, 3.63) is 64.4 Å². The lowest BCUT2D eigenvalue weighted by molar-refractivity contribution is -0.133. The van der Waals surface area contributed by atoms with Crippen molar-refractivity contribution in [2.24, 2.45) is 5.73 Å². The van der Waals surface area contributed by atoms with Crippen molar-refractivity contribution >= 4 is 29.2 Å². The Labute approximate surface area is 188 Å². The summed E-state index contributed by atoms with van der Waals surface area (Å²) in [7, 11) is 0. The molecular weight excluding hydrogens is 445 g/mol. The van der Waals surface area contributed by atoms with E-state index in [0.717, 1.165) is 11.8 Å². The Morgan fingerprint density at radius 3 is 2.47 bits per heavy atom. The van der Waals surface area contributed by atoms with Crippen LogP contribution in [0.1, 0.15) is 12.0 Å². The van der Waals surface area contributed by atoms with Crippen LogP contribution in [0.4, 0.5) is 23.7 Å². The fourth-order valence-corrected chi connectivity index (χ4v) is 4.32. The SMILES string of the molecule is N[C@@H](CC(=O)N1CCN2C(=O)N(c3ccc(Cl)cc3)CC2C1)Cc1cc(F)c(F)cc1F. The molecule has 2 aliphatic rings. The van der Waals surface area contributed by atoms with Gasteiger partial charge in [0.1, 0.15) is 5.82 Å². The number of fused-ring (bicyclic) bond motifs is 1. The minimum Gasteiger partial charge on any atom is -0.339 e. The lowest BCUT2D eigenvalue weighted by Gasteiger charge is -2.36. The predicted molar refractivity (Wildman–Crippen MR) is 114 cm³/mol. The van der Waals surface area contributed by atoms with E-state index in [1.165, 1.54) is 0 Å². The maximum absolute atomic E-state index is 13.9. The first-order valence-electron chi connectivity index (χ1n) is 10.2. The third kappa shape index (κ3) is 4.54. The van der Waals surface area contributed by atoms with Crippen molar-refractivity contribution in [3.63, 3.8) is 0 Å². The monoisotopic (exact) mass is 466 g/mol. The van der Waals surface area contributed by atoms with Crippen LogP contribution in [0, 0.1) is 17.5 Å². The van der Waals surface area contributed by atoms with Crippen LogP contribution in [-0.4, -0.2) is 60.0 Å². The van der Waals surface area contributed by atoms with Crippen molar-refractivity contribution in [2.45, 2.75) is 24.9 Å². The Morgan fingerprint density at radius 2 is 1.75 bits per heavy atom. The van der Waals surface area contributed by atoms with Crippen LogP contribution < -0.4 is 10.6 Å². The van der Waals surface area contributed by atoms with Gasteiger partial charge in [-0.3, -0.25) is 9.69 Å². The highest BCUT2D eigenvalue weighted by atomic mass is 35.5. The zero-order chi connectivity index (χ0) is 23.0. The van der Waals surface area contributed by atoms with Crippen LogP contribution in [0.5, 0.6) is 0 Å². The smallest absolute Gasteiger partial charge is 0.324 e. The van der Waals surface area contributed by atoms with Crippen LogP contribution in [0.3, 0.4) is 0 Å². The van der Waals surface area contributed by atoms with E-state index in [2.05, 4.69) is 0 Å². The van der Waals surface area contributed by atoms with E-state index < -0.39 is 23.5 Å². The number of anilines is 1. The van der Waals surface area contributed by atoms with Gasteiger partial charge in [-0.1, -0.05) is 11.6 Å². The maximum Gasteiger partial charge on any atom is 0.324 e. The summed E-state index contributed by atoms with van der Waals surface area (Å²) in [4.78, 5) is 30.6. The third-order valence-electron chi connectivity index (χ3n) is 5.85. The molecule has 10 heteroatoms. The molecule has 2 fully saturated rings. The fraction of sp³-hybridized carbons (Fsp3) is 0.364. The van der Waals surface area contributed by atoms with Crippen LogP contribution in [0.2, 0.25) is 5.02 Å². The van der Waals surface area contributed by atoms with Gasteiger partial charge in [0, 0.05) is 55.4 Å². The Hall–Kier alpha value is -2.78. The first kappa shape index (κ1) is 22.4. The molecule has 0 spiro atoms. The number of urea groups is 1. The largest absolute Gasteiger partial charge is 0.339 e. The molecule has 2 atom stereocenters. The molecule has 2 aromatic carbocycles. The summed E-state index contributed by atoms with van der Waals surface area (Å²) in [6.07, 6.45) is -0.166. The number of nitrogens with zero attached hydrogens (tertiary/aromatic N) is 3. The summed E-state index contributed by atoms with van der Waals surface area (Å²) in [6, 6.07) is 7.20. The highest BCUT2D eigenvalue weighted by molar-refractivity contribution is 6.30. The van der Waals surface area contributed by atoms with Gasteiger partial charge in [-0.15, -0.1) is 0 Å². The zero-order valence-corrected chi connectivity index (χ0v) is 17.9. The van der Waals surface area contributed by atoms with Crippen molar-refractivity contribution in [1.82, 2.24) is 9.80 Å². The van der Waals surface area contributed by atoms with Gasteiger partial charge >= 0.3 is 6.03 Å². The van der Waals surface area contributed by atoms with E-state index >= 15 is 0 Å². The molecule has 4 rings (SSSR count). The molecule has 0 aliphatic carbocycles. The van der Waals surface area contributed by atoms with Gasteiger partial charge in [0.15, 0.2) is 11.6 Å². The summed E-state index contributed by atoms with van der Waals surface area (Å²) >= 11 is 5.92. The van der Waals surface area contributed by atoms with E-state index in [1.54, 1.807) is 39.0 Å². The van der Waals surface area contributed by atoms with Gasteiger partial charge in [-0.05, 0) is 42.3 Å². The van der Waals surface area contributed by atoms with Crippen LogP contribution in [-0.2, 0) is 11.2 Å². The molecule has 2 saturated heterocycles. The van der Waals surface area contributed by atoms with E-state index in [9.17, 15) is 22.8 Å². The number of halogens is 4. The second-order valence-electron chi connectivity index (χ2n) is 8.08. The lowest BCUT2D eigenvalue weighted by Crippen LogP contribution is -2.54. The Morgan fingerprint density at radius 1 is 1.06 bits per heavy atom. The number of hydrogen-bond donors (Lipinski definition) is 1. The normalized spacial score (nSPS) is 19.3. The molecule has 0 radical (unpaired) electrons. The van der Waals surface area contributed by atoms with Crippen molar-refractivity contribution in [3.8, 4) is 0 Å². The number of benzene rings is 2. The van der Waals surface area contributed by atoms with E-state index in [4.69, 9.17) is 17.3 Å². The minimum absolute atomic E-state index is 0.0694. The fourth-order valence-electron chi connectivity index (χ4n) is 4.20. The summed E-state index contributed by atoms with van der Waals surface area (Å²) < 4.78 is 40.3. The average Bonchev–Trinajstić information content (AvgIpc) is 3.08. The molecule has 0 bridgehead atoms. The van der Waals surface area contributed by atoms with Gasteiger partial charge in [0.25, 0.3) is 0 Å². The van der Waals surface area contributed by atoms with Gasteiger partial charge in [-0.25, -0.2) is 18.0 Å². The van der Waals surface area contributed by atoms with Gasteiger partial charge < -0.3 is 15.5 Å². The molecule has 170 valence electrons. The third-order valence-corrected chi connectivity index (χ3v) is 6.10. The lowest BCUT2D eigenvalue weighted by atomic mass is 10.0. The number of carbonyl (C=O) groups is 2. The van der Waals surface area contributed by atoms with Crippen LogP contribution >= 0.6 is 11.6 Å². The summed E-state index contributed by atoms with van der Waals surface area (Å²) in [5.41, 5.74) is 6.66. The number of rotatable bonds is 5. The summed E-state index contributed by atoms with van der Waals surface area (Å²) in [5, 5.41) is 0.578. The van der Waals surface area contributed by atoms with Gasteiger partial charge in [-0.2, -0.15) is 0 Å². The average molecular weight is 467 g/mol. The topological polar surface area (TPSA) is 69.9 Å². The number of hydrogen-bond acceptors (Lipinski definition) is 3. The Kier molecular flexibility index (Phi) is 6.30. The number of nitrogens with two attached hydrogens (primary N) is 1. The predicted octanol–water partition coefficient (Wildman–Crippen LogP) is 3.17. The molecular formula is C22H22ClF3N4O2. The molecule has 1 unspecified atom stereocenters. The molecule has 2 heterocycles. The van der Waals surface area contributed by atoms with Crippen LogP contribution in [0.15, 0.2) is 36.4 Å². The first-order valence-corrected chi connectivity index (χ1v) is 10.6. The maximum atomic E-state index is 13.9. The summed E-state index contributed by atoms with van der Waals surface area (Å²) in [5.74, 6) is -3.55. The second-order valence-corrected chi connectivity index (χ2v) is 8.52. The quantitative estimate of drug-likeness (QED) is 0.688. The van der Waals surface area contributed by atoms with Gasteiger partial charge in [0.05, 0.1) is 6.04 Å². The Bertz CT molecular complexity index is 1040. The van der Waals surface area contributed by atoms with E-state index in [-0.39, 0.29) is 36.4 Å². The van der Waals surface area contributed by atoms with E-state index in [1.807, 2.05) is 0 Å². The molecule has 32 heavy (non-hydrogen) atoms. The van der Waals surface area contributed by atoms with Crippen molar-refractivity contribution in [1.29, 1.82) is 0 Å². The Balaban J connectivity index is 1.36. The number of amides is 3. The molecule has 2 N–H and O–H groups in total. The first-order chi connectivity index (χ1) is 15.2. The molecule has 3 amide bonds. The second kappa shape index (κ2) is 8.99. The standard InChI is InChI=1S/C22H22ClF3N4O2/c23-14-1-3-16(4-2-14)30-12-17-11-28(5-6-29(17)22(30)32)21(31)9-15(27)7-13-8-19(25)20(26)10-18(13)24/h1-4,8,10,15,17H,5-7,9,11-12,27H2/t15-,17?/m1/s1. The molecule has 2 aromatic rings. The highest BCUT2D eigenvalue weighted by Gasteiger charge is 2.42. The summed E-state index contributed by atoms with van der Waals surface area (Å²) in [6.45, 7) is 1.56. The van der Waals surface area contributed by atoms with Crippen molar-refractivity contribution in [2.75, 3.05) is 31.1 Å². The number of carbonyl (C=O) groups excluding carboxylic acids is 2. The van der Waals surface area contributed by atoms with Crippen LogP contribution in [0.25, 0.3) is 0 Å². The molecule has 2 aliphatic heterocycles. The molecule has 0 aromatic heterocycles. The molecule has 6 nitrogen and oxygen atoms in total. The highest BCUT2D eigenvalue weighted by Crippen LogP contribution is 2.27. The van der Waals surface area contributed by atoms with E-state index in [0.29, 0.717) is 37.3 Å². The van der Waals surface area contributed by atoms with Crippen molar-refractivity contribution < 1.29 is 22.8 Å². The molecule has 0 saturated carbocycles. The number of piperazine rings is 1. The van der Waals surface area contributed by atoms with Gasteiger partial charge in [0.2, 0.25) is 5.91 Å².